The van der Waals surface area contributed by atoms with Crippen LogP contribution in [0.2, 0.25) is 0 Å². The molecule has 0 aromatic heterocycles. The third-order valence-corrected chi connectivity index (χ3v) is 6.50. The lowest BCUT2D eigenvalue weighted by Crippen LogP contribution is -2.48. The number of piperazine rings is 1. The van der Waals surface area contributed by atoms with E-state index in [0.717, 1.165) is 51.7 Å². The Morgan fingerprint density at radius 2 is 1.60 bits per heavy atom. The van der Waals surface area contributed by atoms with Crippen molar-refractivity contribution < 1.29 is 6.16 Å². The number of anilines is 1. The summed E-state index contributed by atoms with van der Waals surface area (Å²) in [6.07, 6.45) is 7.51. The van der Waals surface area contributed by atoms with E-state index in [1.54, 1.807) is 0 Å². The van der Waals surface area contributed by atoms with E-state index >= 15 is 0 Å². The minimum Gasteiger partial charge on any atom is -0.381 e. The molecule has 1 unspecified atom stereocenters. The van der Waals surface area contributed by atoms with Crippen LogP contribution in [-0.4, -0.2) is 56.9 Å². The maximum Gasteiger partial charge on any atom is 0.0466 e. The fourth-order valence-electron chi connectivity index (χ4n) is 4.01. The Balaban J connectivity index is 0.00000480. The third kappa shape index (κ3) is 9.80. The predicted molar refractivity (Wildman–Crippen MR) is 133 cm³/mol. The van der Waals surface area contributed by atoms with Crippen molar-refractivity contribution in [2.24, 2.45) is 5.92 Å². The minimum absolute atomic E-state index is 0. The molecule has 0 spiro atoms. The molecule has 1 heterocycles. The second kappa shape index (κ2) is 14.8. The van der Waals surface area contributed by atoms with Gasteiger partial charge >= 0.3 is 0 Å². The largest absolute Gasteiger partial charge is 0.381 e. The molecule has 174 valence electrons. The normalized spacial score (nSPS) is 16.4. The summed E-state index contributed by atoms with van der Waals surface area (Å²) in [4.78, 5) is 5.08. The molecule has 1 aliphatic heterocycles. The van der Waals surface area contributed by atoms with Gasteiger partial charge in [-0.1, -0.05) is 45.2 Å². The maximum atomic E-state index is 5.77. The van der Waals surface area contributed by atoms with Crippen molar-refractivity contribution in [3.05, 3.63) is 29.8 Å². The first-order chi connectivity index (χ1) is 14.6. The van der Waals surface area contributed by atoms with Crippen LogP contribution in [0.25, 0.3) is 0 Å². The van der Waals surface area contributed by atoms with Crippen molar-refractivity contribution in [1.82, 2.24) is 10.2 Å². The molecule has 1 saturated heterocycles. The lowest BCUT2D eigenvalue weighted by molar-refractivity contribution is 0.125. The predicted octanol–water partition coefficient (Wildman–Crippen LogP) is 5.57. The number of hydrogen-bond acceptors (Lipinski definition) is 4. The lowest BCUT2D eigenvalue weighted by atomic mass is 10.0. The first-order valence-corrected chi connectivity index (χ1v) is 12.5. The first-order valence-electron chi connectivity index (χ1n) is 12.5. The smallest absolute Gasteiger partial charge is 0.0466 e. The van der Waals surface area contributed by atoms with E-state index in [-0.39, 0.29) is 1.43 Å². The Morgan fingerprint density at radius 1 is 0.933 bits per heavy atom. The fraction of sp³-hybridized carbons (Fsp3) is 0.769. The molecule has 4 heteroatoms. The van der Waals surface area contributed by atoms with Crippen LogP contribution in [-0.2, 0) is 11.3 Å². The zero-order chi connectivity index (χ0) is 21.6. The van der Waals surface area contributed by atoms with Crippen LogP contribution in [0.5, 0.6) is 0 Å². The topological polar surface area (TPSA) is 27.7 Å². The standard InChI is InChI=1S/C26H47N3O.H2/c1-5-24(4)10-6-8-20-30-21-9-7-15-27-22-25-11-13-26(14-12-25)29-18-16-28(17-19-29)23(2)3;/h11-14,23-24,27H,5-10,15-22H2,1-4H3;1H. The Labute approximate surface area is 187 Å². The average molecular weight is 420 g/mol. The van der Waals surface area contributed by atoms with Crippen LogP contribution < -0.4 is 10.2 Å². The molecule has 1 aromatic rings. The second-order valence-corrected chi connectivity index (χ2v) is 9.29. The van der Waals surface area contributed by atoms with Crippen molar-refractivity contribution in [3.8, 4) is 0 Å². The van der Waals surface area contributed by atoms with Gasteiger partial charge < -0.3 is 15.0 Å². The van der Waals surface area contributed by atoms with Gasteiger partial charge in [-0.2, -0.15) is 0 Å². The summed E-state index contributed by atoms with van der Waals surface area (Å²) in [5.74, 6) is 0.868. The van der Waals surface area contributed by atoms with Crippen molar-refractivity contribution in [2.75, 3.05) is 50.8 Å². The van der Waals surface area contributed by atoms with Crippen molar-refractivity contribution in [2.45, 2.75) is 78.8 Å². The summed E-state index contributed by atoms with van der Waals surface area (Å²) in [5, 5.41) is 3.57. The van der Waals surface area contributed by atoms with Gasteiger partial charge in [0.25, 0.3) is 0 Å². The monoisotopic (exact) mass is 419 g/mol. The lowest BCUT2D eigenvalue weighted by Gasteiger charge is -2.38. The molecule has 0 aliphatic carbocycles. The van der Waals surface area contributed by atoms with E-state index in [0.29, 0.717) is 6.04 Å². The number of hydrogen-bond donors (Lipinski definition) is 1. The molecule has 0 saturated carbocycles. The van der Waals surface area contributed by atoms with Crippen LogP contribution in [0.4, 0.5) is 5.69 Å². The van der Waals surface area contributed by atoms with E-state index in [2.05, 4.69) is 67.1 Å². The molecule has 1 aromatic carbocycles. The quantitative estimate of drug-likeness (QED) is 0.376. The van der Waals surface area contributed by atoms with Crippen LogP contribution in [0, 0.1) is 5.92 Å². The maximum absolute atomic E-state index is 5.77. The van der Waals surface area contributed by atoms with E-state index in [1.807, 2.05) is 0 Å². The van der Waals surface area contributed by atoms with Crippen molar-refractivity contribution in [3.63, 3.8) is 0 Å². The molecule has 4 nitrogen and oxygen atoms in total. The number of rotatable bonds is 15. The zero-order valence-electron chi connectivity index (χ0n) is 20.2. The van der Waals surface area contributed by atoms with E-state index in [4.69, 9.17) is 4.74 Å². The van der Waals surface area contributed by atoms with Gasteiger partial charge in [-0.05, 0) is 63.3 Å². The molecular formula is C26H49N3O. The number of ether oxygens (including phenoxy) is 1. The molecule has 1 atom stereocenters. The van der Waals surface area contributed by atoms with E-state index in [1.165, 1.54) is 56.4 Å². The summed E-state index contributed by atoms with van der Waals surface area (Å²) < 4.78 is 5.77. The van der Waals surface area contributed by atoms with Crippen molar-refractivity contribution >= 4 is 5.69 Å². The Morgan fingerprint density at radius 3 is 2.23 bits per heavy atom. The number of benzene rings is 1. The molecule has 1 aliphatic rings. The fourth-order valence-corrected chi connectivity index (χ4v) is 4.01. The van der Waals surface area contributed by atoms with Gasteiger partial charge in [0, 0.05) is 59.1 Å². The molecule has 0 bridgehead atoms. The first kappa shape index (κ1) is 25.2. The van der Waals surface area contributed by atoms with Crippen LogP contribution in [0.15, 0.2) is 24.3 Å². The second-order valence-electron chi connectivity index (χ2n) is 9.29. The van der Waals surface area contributed by atoms with E-state index < -0.39 is 0 Å². The molecule has 1 fully saturated rings. The summed E-state index contributed by atoms with van der Waals surface area (Å²) in [7, 11) is 0. The minimum atomic E-state index is 0. The molecule has 30 heavy (non-hydrogen) atoms. The van der Waals surface area contributed by atoms with Gasteiger partial charge in [0.2, 0.25) is 0 Å². The van der Waals surface area contributed by atoms with Gasteiger partial charge in [0.1, 0.15) is 0 Å². The van der Waals surface area contributed by atoms with Gasteiger partial charge in [0.15, 0.2) is 0 Å². The Bertz CT molecular complexity index is 544. The summed E-state index contributed by atoms with van der Waals surface area (Å²) >= 11 is 0. The molecule has 0 amide bonds. The highest BCUT2D eigenvalue weighted by molar-refractivity contribution is 5.48. The summed E-state index contributed by atoms with van der Waals surface area (Å²) in [6.45, 7) is 17.7. The number of unbranched alkanes of at least 4 members (excludes halogenated alkanes) is 2. The highest BCUT2D eigenvalue weighted by Crippen LogP contribution is 2.18. The molecule has 0 radical (unpaired) electrons. The van der Waals surface area contributed by atoms with Crippen LogP contribution in [0.3, 0.4) is 0 Å². The highest BCUT2D eigenvalue weighted by atomic mass is 16.5. The van der Waals surface area contributed by atoms with Crippen molar-refractivity contribution in [1.29, 1.82) is 0 Å². The number of nitrogens with one attached hydrogen (secondary N) is 1. The number of nitrogens with zero attached hydrogens (tertiary/aromatic N) is 2. The Kier molecular flexibility index (Phi) is 12.4. The molecule has 1 N–H and O–H groups in total. The summed E-state index contributed by atoms with van der Waals surface area (Å²) in [6, 6.07) is 9.79. The van der Waals surface area contributed by atoms with Gasteiger partial charge in [-0.15, -0.1) is 0 Å². The SMILES string of the molecule is CCC(C)CCCCOCCCCNCc1ccc(N2CCN(C(C)C)CC2)cc1.[HH]. The highest BCUT2D eigenvalue weighted by Gasteiger charge is 2.18. The van der Waals surface area contributed by atoms with Crippen LogP contribution in [0.1, 0.15) is 73.2 Å². The third-order valence-electron chi connectivity index (χ3n) is 6.50. The molecular weight excluding hydrogens is 370 g/mol. The molecule has 2 rings (SSSR count). The van der Waals surface area contributed by atoms with Gasteiger partial charge in [0.05, 0.1) is 0 Å². The zero-order valence-corrected chi connectivity index (χ0v) is 20.2. The average Bonchev–Trinajstić information content (AvgIpc) is 2.77. The van der Waals surface area contributed by atoms with Gasteiger partial charge in [-0.25, -0.2) is 0 Å². The van der Waals surface area contributed by atoms with E-state index in [9.17, 15) is 0 Å². The summed E-state index contributed by atoms with van der Waals surface area (Å²) in [5.41, 5.74) is 2.74. The Hall–Kier alpha value is -1.10. The van der Waals surface area contributed by atoms with Gasteiger partial charge in [-0.3, -0.25) is 4.90 Å². The van der Waals surface area contributed by atoms with Crippen LogP contribution >= 0.6 is 0 Å².